The normalized spacial score (nSPS) is 11.3. The van der Waals surface area contributed by atoms with E-state index in [-0.39, 0.29) is 45.0 Å². The van der Waals surface area contributed by atoms with Gasteiger partial charge in [-0.15, -0.1) is 0 Å². The summed E-state index contributed by atoms with van der Waals surface area (Å²) < 4.78 is 34.8. The van der Waals surface area contributed by atoms with Gasteiger partial charge in [0.15, 0.2) is 0 Å². The number of rotatable bonds is 4. The van der Waals surface area contributed by atoms with E-state index in [4.69, 9.17) is 0 Å². The molecule has 2 N–H and O–H groups in total. The summed E-state index contributed by atoms with van der Waals surface area (Å²) in [4.78, 5) is 9.40. The fourth-order valence-electron chi connectivity index (χ4n) is 3.20. The van der Waals surface area contributed by atoms with E-state index in [1.807, 2.05) is 0 Å². The Balaban J connectivity index is 0.00000193. The smallest absolute Gasteiger partial charge is 0.871 e. The summed E-state index contributed by atoms with van der Waals surface area (Å²) in [7, 11) is -5.11. The molecule has 11 nitrogen and oxygen atoms in total. The van der Waals surface area contributed by atoms with Crippen molar-refractivity contribution in [3.05, 3.63) is 70.8 Å². The quantitative estimate of drug-likeness (QED) is 0.175. The van der Waals surface area contributed by atoms with Crippen LogP contribution in [0.2, 0.25) is 0 Å². The Labute approximate surface area is 197 Å². The number of hydrogen-bond donors (Lipinski definition) is 0. The van der Waals surface area contributed by atoms with Crippen molar-refractivity contribution in [1.82, 2.24) is 0 Å². The van der Waals surface area contributed by atoms with Gasteiger partial charge in [0.1, 0.15) is 10.1 Å². The van der Waals surface area contributed by atoms with Gasteiger partial charge < -0.3 is 20.2 Å². The maximum absolute atomic E-state index is 12.5. The van der Waals surface area contributed by atoms with Crippen LogP contribution in [-0.2, 0) is 27.5 Å². The van der Waals surface area contributed by atoms with Crippen molar-refractivity contribution < 1.29 is 50.9 Å². The third-order valence-electron chi connectivity index (χ3n) is 4.61. The molecular formula is C20H12CrN3O8S. The molecular weight excluding hydrogens is 494 g/mol. The van der Waals surface area contributed by atoms with Crippen LogP contribution in [0.1, 0.15) is 0 Å². The first-order valence-corrected chi connectivity index (χ1v) is 10.1. The summed E-state index contributed by atoms with van der Waals surface area (Å²) in [6.07, 6.45) is 0. The molecule has 33 heavy (non-hydrogen) atoms. The van der Waals surface area contributed by atoms with Gasteiger partial charge in [0.2, 0.25) is 0 Å². The Bertz CT molecular complexity index is 1520. The van der Waals surface area contributed by atoms with Gasteiger partial charge in [-0.25, -0.2) is 8.42 Å². The fraction of sp³-hybridized carbons (Fsp3) is 0. The van der Waals surface area contributed by atoms with E-state index >= 15 is 0 Å². The van der Waals surface area contributed by atoms with Crippen LogP contribution in [0.5, 0.6) is 11.5 Å². The fourth-order valence-corrected chi connectivity index (χ4v) is 3.89. The summed E-state index contributed by atoms with van der Waals surface area (Å²) in [5.41, 5.74) is -0.868. The second-order valence-corrected chi connectivity index (χ2v) is 7.84. The molecule has 0 aliphatic rings. The molecule has 0 aliphatic heterocycles. The average molecular weight is 506 g/mol. The standard InChI is InChI=1S/C20H13N3O7S.Cr.H2O/c24-16-8-5-11-3-1-2-4-13(11)19(16)21-22-20-14-7-6-12(23(26)27)9-15(14)18(10-17(20)25)31(28,29)30;;/h1-10,24-25H,(H,28,29,30);;1H2/q;+3;/p-3. The number of benzene rings is 4. The molecule has 0 aromatic heterocycles. The molecule has 4 rings (SSSR count). The Morgan fingerprint density at radius 1 is 0.788 bits per heavy atom. The number of nitrogens with zero attached hydrogens (tertiary/aromatic N) is 3. The van der Waals surface area contributed by atoms with Gasteiger partial charge in [-0.2, -0.15) is 10.2 Å². The van der Waals surface area contributed by atoms with Gasteiger partial charge in [-0.3, -0.25) is 10.1 Å². The summed E-state index contributed by atoms with van der Waals surface area (Å²) in [5, 5.41) is 44.4. The SMILES string of the molecule is O.O=[N+]([O-])c1ccc2c(N=Nc3c([O-])ccc4ccccc34)c([O-])cc(S(=O)(=O)[O-])c2c1.[Cr+3]. The van der Waals surface area contributed by atoms with E-state index in [2.05, 4.69) is 10.2 Å². The van der Waals surface area contributed by atoms with Crippen LogP contribution in [0, 0.1) is 10.1 Å². The van der Waals surface area contributed by atoms with Crippen molar-refractivity contribution >= 4 is 48.7 Å². The van der Waals surface area contributed by atoms with E-state index in [1.54, 1.807) is 30.3 Å². The minimum Gasteiger partial charge on any atom is -0.871 e. The first kappa shape index (κ1) is 25.7. The number of fused-ring (bicyclic) bond motifs is 2. The Morgan fingerprint density at radius 3 is 2.06 bits per heavy atom. The first-order chi connectivity index (χ1) is 14.7. The minimum absolute atomic E-state index is 0. The van der Waals surface area contributed by atoms with Crippen LogP contribution in [0.4, 0.5) is 17.1 Å². The molecule has 0 fully saturated rings. The topological polar surface area (TPSA) is 203 Å². The van der Waals surface area contributed by atoms with Crippen LogP contribution in [0.3, 0.4) is 0 Å². The molecule has 0 aliphatic carbocycles. The van der Waals surface area contributed by atoms with E-state index in [0.717, 1.165) is 18.2 Å². The van der Waals surface area contributed by atoms with Crippen molar-refractivity contribution in [3.8, 4) is 11.5 Å². The van der Waals surface area contributed by atoms with Crippen molar-refractivity contribution in [2.75, 3.05) is 0 Å². The summed E-state index contributed by atoms with van der Waals surface area (Å²) in [6.45, 7) is 0. The Morgan fingerprint density at radius 2 is 1.42 bits per heavy atom. The third kappa shape index (κ3) is 4.77. The van der Waals surface area contributed by atoms with E-state index < -0.39 is 37.1 Å². The van der Waals surface area contributed by atoms with Crippen LogP contribution < -0.4 is 10.2 Å². The molecule has 0 saturated heterocycles. The van der Waals surface area contributed by atoms with Gasteiger partial charge >= 0.3 is 17.4 Å². The number of nitro groups is 1. The van der Waals surface area contributed by atoms with Crippen molar-refractivity contribution in [2.24, 2.45) is 10.2 Å². The Hall–Kier alpha value is -3.60. The molecule has 167 valence electrons. The van der Waals surface area contributed by atoms with Gasteiger partial charge in [-0.1, -0.05) is 47.9 Å². The number of non-ortho nitro benzene ring substituents is 1. The molecule has 0 heterocycles. The van der Waals surface area contributed by atoms with Gasteiger partial charge in [0.25, 0.3) is 5.69 Å². The van der Waals surface area contributed by atoms with E-state index in [9.17, 15) is 33.3 Å². The predicted molar refractivity (Wildman–Crippen MR) is 109 cm³/mol. The van der Waals surface area contributed by atoms with Crippen LogP contribution >= 0.6 is 0 Å². The molecule has 4 aromatic rings. The summed E-state index contributed by atoms with van der Waals surface area (Å²) in [6, 6.07) is 13.3. The van der Waals surface area contributed by atoms with E-state index in [0.29, 0.717) is 16.8 Å². The number of nitro benzene ring substituents is 1. The molecule has 0 amide bonds. The zero-order valence-electron chi connectivity index (χ0n) is 16.3. The van der Waals surface area contributed by atoms with Gasteiger partial charge in [0, 0.05) is 28.3 Å². The molecule has 0 bridgehead atoms. The minimum atomic E-state index is -5.11. The monoisotopic (exact) mass is 506 g/mol. The number of hydrogen-bond acceptors (Lipinski definition) is 9. The molecule has 1 radical (unpaired) electrons. The maximum atomic E-state index is 12.5. The summed E-state index contributed by atoms with van der Waals surface area (Å²) >= 11 is 0. The largest absolute Gasteiger partial charge is 3.00 e. The second kappa shape index (κ2) is 9.49. The number of azo groups is 1. The molecule has 0 saturated carbocycles. The van der Waals surface area contributed by atoms with E-state index in [1.165, 1.54) is 6.07 Å². The van der Waals surface area contributed by atoms with Crippen molar-refractivity contribution in [1.29, 1.82) is 0 Å². The molecule has 4 aromatic carbocycles. The Kier molecular flexibility index (Phi) is 7.38. The van der Waals surface area contributed by atoms with Gasteiger partial charge in [0.05, 0.1) is 21.2 Å². The molecule has 13 heteroatoms. The zero-order chi connectivity index (χ0) is 22.3. The summed E-state index contributed by atoms with van der Waals surface area (Å²) in [5.74, 6) is -1.39. The van der Waals surface area contributed by atoms with Crippen molar-refractivity contribution in [2.45, 2.75) is 4.90 Å². The first-order valence-electron chi connectivity index (χ1n) is 8.65. The zero-order valence-corrected chi connectivity index (χ0v) is 18.4. The van der Waals surface area contributed by atoms with Crippen LogP contribution in [0.25, 0.3) is 21.5 Å². The average Bonchev–Trinajstić information content (AvgIpc) is 2.72. The van der Waals surface area contributed by atoms with Crippen molar-refractivity contribution in [3.63, 3.8) is 0 Å². The molecule has 0 spiro atoms. The predicted octanol–water partition coefficient (Wildman–Crippen LogP) is 2.54. The maximum Gasteiger partial charge on any atom is 3.00 e. The molecule has 0 unspecified atom stereocenters. The second-order valence-electron chi connectivity index (χ2n) is 6.50. The van der Waals surface area contributed by atoms with Crippen LogP contribution in [-0.4, -0.2) is 23.4 Å². The molecule has 0 atom stereocenters. The van der Waals surface area contributed by atoms with Crippen LogP contribution in [0.15, 0.2) is 75.8 Å². The van der Waals surface area contributed by atoms with Gasteiger partial charge in [-0.05, 0) is 17.5 Å². The third-order valence-corrected chi connectivity index (χ3v) is 5.49.